The zero-order valence-electron chi connectivity index (χ0n) is 13.5. The van der Waals surface area contributed by atoms with E-state index in [-0.39, 0.29) is 0 Å². The van der Waals surface area contributed by atoms with Gasteiger partial charge in [0.25, 0.3) is 0 Å². The van der Waals surface area contributed by atoms with Gasteiger partial charge in [-0.2, -0.15) is 0 Å². The molecule has 0 unspecified atom stereocenters. The van der Waals surface area contributed by atoms with E-state index in [9.17, 15) is 0 Å². The fraction of sp³-hybridized carbons (Fsp3) is 0.200. The van der Waals surface area contributed by atoms with E-state index in [0.29, 0.717) is 5.02 Å². The van der Waals surface area contributed by atoms with Gasteiger partial charge in [-0.1, -0.05) is 41.9 Å². The lowest BCUT2D eigenvalue weighted by molar-refractivity contribution is 0.777. The molecule has 0 spiro atoms. The first-order valence-electron chi connectivity index (χ1n) is 8.16. The summed E-state index contributed by atoms with van der Waals surface area (Å²) < 4.78 is 0. The van der Waals surface area contributed by atoms with Gasteiger partial charge in [0.05, 0.1) is 5.52 Å². The molecule has 122 valence electrons. The minimum atomic E-state index is 0.712. The lowest BCUT2D eigenvalue weighted by Crippen LogP contribution is -2.03. The molecule has 0 atom stereocenters. The van der Waals surface area contributed by atoms with Crippen molar-refractivity contribution in [2.45, 2.75) is 12.8 Å². The van der Waals surface area contributed by atoms with Crippen molar-refractivity contribution >= 4 is 34.4 Å². The van der Waals surface area contributed by atoms with E-state index in [2.05, 4.69) is 27.4 Å². The molecule has 0 fully saturated rings. The lowest BCUT2D eigenvalue weighted by atomic mass is 10.2. The van der Waals surface area contributed by atoms with Gasteiger partial charge in [-0.15, -0.1) is 0 Å². The summed E-state index contributed by atoms with van der Waals surface area (Å²) in [6, 6.07) is 18.0. The topological polar surface area (TPSA) is 37.3 Å². The van der Waals surface area contributed by atoms with Crippen molar-refractivity contribution < 1.29 is 0 Å². The summed E-state index contributed by atoms with van der Waals surface area (Å²) in [6.07, 6.45) is 5.88. The first-order valence-corrected chi connectivity index (χ1v) is 8.54. The number of benzene rings is 2. The molecule has 0 aliphatic heterocycles. The summed E-state index contributed by atoms with van der Waals surface area (Å²) in [5.41, 5.74) is 3.17. The average molecular weight is 338 g/mol. The number of halogens is 1. The van der Waals surface area contributed by atoms with Crippen LogP contribution in [-0.4, -0.2) is 24.3 Å². The Morgan fingerprint density at radius 1 is 1.04 bits per heavy atom. The van der Waals surface area contributed by atoms with Crippen LogP contribution in [-0.2, 0) is 0 Å². The van der Waals surface area contributed by atoms with Gasteiger partial charge in [-0.25, -0.2) is 0 Å². The summed E-state index contributed by atoms with van der Waals surface area (Å²) in [4.78, 5) is 8.83. The SMILES string of the molecule is Clc1ccc2c(NCCCCN=Cc3ccccc3)ccnc2c1. The van der Waals surface area contributed by atoms with Gasteiger partial charge in [-0.05, 0) is 42.7 Å². The molecule has 1 N–H and O–H groups in total. The van der Waals surface area contributed by atoms with E-state index in [0.717, 1.165) is 48.1 Å². The molecule has 24 heavy (non-hydrogen) atoms. The lowest BCUT2D eigenvalue weighted by Gasteiger charge is -2.09. The molecule has 3 rings (SSSR count). The van der Waals surface area contributed by atoms with Crippen LogP contribution in [0.4, 0.5) is 5.69 Å². The van der Waals surface area contributed by atoms with Crippen molar-refractivity contribution in [2.75, 3.05) is 18.4 Å². The summed E-state index contributed by atoms with van der Waals surface area (Å²) in [7, 11) is 0. The Bertz CT molecular complexity index is 815. The van der Waals surface area contributed by atoms with Crippen LogP contribution in [0.25, 0.3) is 10.9 Å². The van der Waals surface area contributed by atoms with Crippen molar-refractivity contribution in [3.05, 3.63) is 71.4 Å². The highest BCUT2D eigenvalue weighted by Crippen LogP contribution is 2.24. The van der Waals surface area contributed by atoms with Crippen LogP contribution >= 0.6 is 11.6 Å². The van der Waals surface area contributed by atoms with Gasteiger partial charge < -0.3 is 5.32 Å². The average Bonchev–Trinajstić information content (AvgIpc) is 2.61. The zero-order chi connectivity index (χ0) is 16.6. The number of hydrogen-bond acceptors (Lipinski definition) is 3. The Kier molecular flexibility index (Phi) is 5.80. The first-order chi connectivity index (χ1) is 11.8. The molecular formula is C20H20ClN3. The molecule has 3 nitrogen and oxygen atoms in total. The van der Waals surface area contributed by atoms with Crippen LogP contribution in [0.3, 0.4) is 0 Å². The van der Waals surface area contributed by atoms with Gasteiger partial charge in [-0.3, -0.25) is 9.98 Å². The summed E-state index contributed by atoms with van der Waals surface area (Å²) in [5, 5.41) is 5.29. The number of pyridine rings is 1. The maximum atomic E-state index is 6.02. The molecule has 3 aromatic rings. The maximum absolute atomic E-state index is 6.02. The molecule has 0 aliphatic carbocycles. The predicted octanol–water partition coefficient (Wildman–Crippen LogP) is 5.20. The minimum Gasteiger partial charge on any atom is -0.384 e. The Morgan fingerprint density at radius 2 is 1.92 bits per heavy atom. The quantitative estimate of drug-likeness (QED) is 0.475. The smallest absolute Gasteiger partial charge is 0.0737 e. The second-order valence-corrected chi connectivity index (χ2v) is 6.04. The van der Waals surface area contributed by atoms with E-state index >= 15 is 0 Å². The molecule has 1 heterocycles. The third-order valence-corrected chi connectivity index (χ3v) is 4.01. The third kappa shape index (κ3) is 4.56. The Morgan fingerprint density at radius 3 is 2.79 bits per heavy atom. The van der Waals surface area contributed by atoms with Crippen molar-refractivity contribution in [1.82, 2.24) is 4.98 Å². The number of aromatic nitrogens is 1. The van der Waals surface area contributed by atoms with Crippen LogP contribution in [0.15, 0.2) is 65.8 Å². The Labute approximate surface area is 147 Å². The predicted molar refractivity (Wildman–Crippen MR) is 103 cm³/mol. The maximum Gasteiger partial charge on any atom is 0.0737 e. The van der Waals surface area contributed by atoms with E-state index in [1.165, 1.54) is 0 Å². The van der Waals surface area contributed by atoms with E-state index in [1.54, 1.807) is 0 Å². The van der Waals surface area contributed by atoms with Gasteiger partial charge >= 0.3 is 0 Å². The summed E-state index contributed by atoms with van der Waals surface area (Å²) in [6.45, 7) is 1.77. The van der Waals surface area contributed by atoms with Crippen molar-refractivity contribution in [1.29, 1.82) is 0 Å². The van der Waals surface area contributed by atoms with E-state index in [4.69, 9.17) is 11.6 Å². The zero-order valence-corrected chi connectivity index (χ0v) is 14.2. The number of nitrogens with one attached hydrogen (secondary N) is 1. The van der Waals surface area contributed by atoms with Crippen LogP contribution in [0.2, 0.25) is 5.02 Å². The third-order valence-electron chi connectivity index (χ3n) is 3.77. The minimum absolute atomic E-state index is 0.712. The molecule has 0 amide bonds. The van der Waals surface area contributed by atoms with Gasteiger partial charge in [0.1, 0.15) is 0 Å². The number of unbranched alkanes of at least 4 members (excludes halogenated alkanes) is 1. The fourth-order valence-electron chi connectivity index (χ4n) is 2.54. The highest BCUT2D eigenvalue weighted by atomic mass is 35.5. The highest BCUT2D eigenvalue weighted by molar-refractivity contribution is 6.31. The normalized spacial score (nSPS) is 11.2. The largest absolute Gasteiger partial charge is 0.384 e. The molecule has 0 saturated carbocycles. The van der Waals surface area contributed by atoms with Gasteiger partial charge in [0.2, 0.25) is 0 Å². The molecule has 1 aromatic heterocycles. The van der Waals surface area contributed by atoms with Crippen LogP contribution in [0.5, 0.6) is 0 Å². The molecule has 0 saturated heterocycles. The molecule has 0 bridgehead atoms. The molecule has 4 heteroatoms. The standard InChI is InChI=1S/C20H20ClN3/c21-17-8-9-18-19(10-13-24-20(18)14-17)23-12-5-4-11-22-15-16-6-2-1-3-7-16/h1-3,6-10,13-15H,4-5,11-12H2,(H,23,24). The van der Waals surface area contributed by atoms with E-state index in [1.807, 2.05) is 54.9 Å². The monoisotopic (exact) mass is 337 g/mol. The van der Waals surface area contributed by atoms with Crippen LogP contribution in [0.1, 0.15) is 18.4 Å². The van der Waals surface area contributed by atoms with E-state index < -0.39 is 0 Å². The number of aliphatic imine (C=N–C) groups is 1. The Hall–Kier alpha value is -2.39. The second-order valence-electron chi connectivity index (χ2n) is 5.60. The van der Waals surface area contributed by atoms with Crippen molar-refractivity contribution in [2.24, 2.45) is 4.99 Å². The van der Waals surface area contributed by atoms with Gasteiger partial charge in [0.15, 0.2) is 0 Å². The number of rotatable bonds is 7. The number of fused-ring (bicyclic) bond motifs is 1. The first kappa shape index (κ1) is 16.5. The van der Waals surface area contributed by atoms with Crippen molar-refractivity contribution in [3.63, 3.8) is 0 Å². The second kappa shape index (κ2) is 8.46. The molecule has 0 radical (unpaired) electrons. The molecule has 0 aliphatic rings. The fourth-order valence-corrected chi connectivity index (χ4v) is 2.70. The Balaban J connectivity index is 1.45. The summed E-state index contributed by atoms with van der Waals surface area (Å²) >= 11 is 6.02. The number of hydrogen-bond donors (Lipinski definition) is 1. The number of nitrogens with zero attached hydrogens (tertiary/aromatic N) is 2. The number of anilines is 1. The highest BCUT2D eigenvalue weighted by Gasteiger charge is 2.01. The molecule has 2 aromatic carbocycles. The van der Waals surface area contributed by atoms with Crippen molar-refractivity contribution in [3.8, 4) is 0 Å². The summed E-state index contributed by atoms with van der Waals surface area (Å²) in [5.74, 6) is 0. The van der Waals surface area contributed by atoms with Crippen LogP contribution < -0.4 is 5.32 Å². The van der Waals surface area contributed by atoms with Crippen LogP contribution in [0, 0.1) is 0 Å². The molecular weight excluding hydrogens is 318 g/mol. The van der Waals surface area contributed by atoms with Gasteiger partial charge in [0, 0.05) is 41.6 Å².